The third-order valence-electron chi connectivity index (χ3n) is 8.64. The second-order valence-corrected chi connectivity index (χ2v) is 12.0. The predicted octanol–water partition coefficient (Wildman–Crippen LogP) is 12.0. The predicted molar refractivity (Wildman–Crippen MR) is 180 cm³/mol. The average molecular weight is 537 g/mol. The fourth-order valence-electron chi connectivity index (χ4n) is 6.77. The molecule has 1 heterocycles. The van der Waals surface area contributed by atoms with Crippen LogP contribution in [-0.4, -0.2) is 0 Å². The first-order chi connectivity index (χ1) is 20.3. The number of hydrogen-bond acceptors (Lipinski definition) is 1. The Morgan fingerprint density at radius 1 is 0.317 bits per heavy atom. The molecule has 0 saturated carbocycles. The lowest BCUT2D eigenvalue weighted by molar-refractivity contribution is 1.70. The van der Waals surface area contributed by atoms with Gasteiger partial charge in [0, 0.05) is 20.2 Å². The highest BCUT2D eigenvalue weighted by Crippen LogP contribution is 2.45. The van der Waals surface area contributed by atoms with Crippen LogP contribution in [0.2, 0.25) is 0 Å². The maximum atomic E-state index is 2.45. The van der Waals surface area contributed by atoms with Crippen LogP contribution in [0.4, 0.5) is 0 Å². The summed E-state index contributed by atoms with van der Waals surface area (Å²) in [6.07, 6.45) is 0. The lowest BCUT2D eigenvalue weighted by atomic mass is 9.86. The fraction of sp³-hybridized carbons (Fsp3) is 0. The van der Waals surface area contributed by atoms with Crippen molar-refractivity contribution in [1.82, 2.24) is 0 Å². The van der Waals surface area contributed by atoms with Gasteiger partial charge in [-0.1, -0.05) is 115 Å². The Bertz CT molecular complexity index is 2480. The number of hydrogen-bond donors (Lipinski definition) is 0. The minimum absolute atomic E-state index is 1.25. The molecule has 0 fully saturated rings. The van der Waals surface area contributed by atoms with Crippen molar-refractivity contribution in [3.63, 3.8) is 0 Å². The first-order valence-electron chi connectivity index (χ1n) is 14.1. The largest absolute Gasteiger partial charge is 0.135 e. The molecular weight excluding hydrogens is 513 g/mol. The summed E-state index contributed by atoms with van der Waals surface area (Å²) < 4.78 is 2.68. The maximum Gasteiger partial charge on any atom is 0.0361 e. The summed E-state index contributed by atoms with van der Waals surface area (Å²) in [7, 11) is 0. The first-order valence-corrected chi connectivity index (χ1v) is 14.9. The highest BCUT2D eigenvalue weighted by molar-refractivity contribution is 7.25. The van der Waals surface area contributed by atoms with Gasteiger partial charge in [-0.25, -0.2) is 0 Å². The molecule has 0 N–H and O–H groups in total. The summed E-state index contributed by atoms with van der Waals surface area (Å²) in [6, 6.07) is 53.8. The van der Waals surface area contributed by atoms with E-state index in [0.717, 1.165) is 0 Å². The monoisotopic (exact) mass is 536 g/mol. The number of thiophene rings is 1. The summed E-state index contributed by atoms with van der Waals surface area (Å²) in [5, 5.41) is 13.0. The van der Waals surface area contributed by atoms with Crippen molar-refractivity contribution in [1.29, 1.82) is 0 Å². The highest BCUT2D eigenvalue weighted by atomic mass is 32.1. The third kappa shape index (κ3) is 3.40. The molecule has 0 amide bonds. The van der Waals surface area contributed by atoms with Gasteiger partial charge < -0.3 is 0 Å². The van der Waals surface area contributed by atoms with Gasteiger partial charge in [0.1, 0.15) is 0 Å². The van der Waals surface area contributed by atoms with Gasteiger partial charge in [0.2, 0.25) is 0 Å². The van der Waals surface area contributed by atoms with Crippen LogP contribution in [0, 0.1) is 0 Å². The van der Waals surface area contributed by atoms with Gasteiger partial charge in [-0.15, -0.1) is 11.3 Å². The van der Waals surface area contributed by atoms with Gasteiger partial charge in [0.05, 0.1) is 0 Å². The van der Waals surface area contributed by atoms with E-state index in [1.54, 1.807) is 0 Å². The molecule has 0 spiro atoms. The molecule has 9 rings (SSSR count). The summed E-state index contributed by atoms with van der Waals surface area (Å²) in [6.45, 7) is 0. The van der Waals surface area contributed by atoms with Crippen molar-refractivity contribution < 1.29 is 0 Å². The SMILES string of the molecule is c1ccc2cc(-c3cc4c5ccccc5c(-c5cccc6sc7ccccc7c56)cc4c4ccccc34)ccc2c1. The van der Waals surface area contributed by atoms with Gasteiger partial charge in [-0.2, -0.15) is 0 Å². The van der Waals surface area contributed by atoms with Crippen LogP contribution in [0.5, 0.6) is 0 Å². The van der Waals surface area contributed by atoms with Crippen molar-refractivity contribution in [3.05, 3.63) is 146 Å². The van der Waals surface area contributed by atoms with E-state index in [9.17, 15) is 0 Å². The van der Waals surface area contributed by atoms with Crippen LogP contribution in [0.15, 0.2) is 146 Å². The molecule has 190 valence electrons. The minimum atomic E-state index is 1.25. The molecule has 9 aromatic rings. The Kier molecular flexibility index (Phi) is 4.87. The van der Waals surface area contributed by atoms with Crippen LogP contribution in [0.1, 0.15) is 0 Å². The van der Waals surface area contributed by atoms with Crippen LogP contribution in [0.3, 0.4) is 0 Å². The molecule has 0 aliphatic carbocycles. The molecule has 0 unspecified atom stereocenters. The minimum Gasteiger partial charge on any atom is -0.135 e. The van der Waals surface area contributed by atoms with Gasteiger partial charge in [-0.3, -0.25) is 0 Å². The number of rotatable bonds is 2. The van der Waals surface area contributed by atoms with Gasteiger partial charge in [-0.05, 0) is 95.7 Å². The molecule has 0 bridgehead atoms. The lowest BCUT2D eigenvalue weighted by Gasteiger charge is -2.17. The zero-order chi connectivity index (χ0) is 26.9. The van der Waals surface area contributed by atoms with Crippen LogP contribution in [0.25, 0.3) is 85.5 Å². The van der Waals surface area contributed by atoms with Crippen molar-refractivity contribution in [2.45, 2.75) is 0 Å². The van der Waals surface area contributed by atoms with Crippen molar-refractivity contribution in [3.8, 4) is 22.3 Å². The van der Waals surface area contributed by atoms with Crippen molar-refractivity contribution in [2.24, 2.45) is 0 Å². The first kappa shape index (κ1) is 22.8. The number of fused-ring (bicyclic) bond motifs is 9. The molecule has 0 atom stereocenters. The fourth-order valence-corrected chi connectivity index (χ4v) is 7.90. The van der Waals surface area contributed by atoms with E-state index in [1.807, 2.05) is 11.3 Å². The van der Waals surface area contributed by atoms with E-state index in [0.29, 0.717) is 0 Å². The molecule has 0 aliphatic heterocycles. The standard InChI is InChI=1S/C40H24S/c1-2-11-26-22-27(21-20-25(26)10-1)34-23-36-31-15-6-5-14-30(31)35(24-37(36)29-13-4-3-12-28(29)34)32-17-9-19-39-40(32)33-16-7-8-18-38(33)41-39/h1-24H. The molecule has 1 aromatic heterocycles. The zero-order valence-electron chi connectivity index (χ0n) is 22.3. The van der Waals surface area contributed by atoms with Crippen LogP contribution >= 0.6 is 11.3 Å². The Morgan fingerprint density at radius 2 is 0.902 bits per heavy atom. The molecular formula is C40H24S. The molecule has 41 heavy (non-hydrogen) atoms. The molecule has 0 nitrogen and oxygen atoms in total. The zero-order valence-corrected chi connectivity index (χ0v) is 23.1. The molecule has 1 heteroatoms. The lowest BCUT2D eigenvalue weighted by Crippen LogP contribution is -1.89. The van der Waals surface area contributed by atoms with Gasteiger partial charge in [0.25, 0.3) is 0 Å². The smallest absolute Gasteiger partial charge is 0.0361 e. The van der Waals surface area contributed by atoms with E-state index in [4.69, 9.17) is 0 Å². The summed E-state index contributed by atoms with van der Waals surface area (Å²) in [5.74, 6) is 0. The molecule has 0 saturated heterocycles. The molecule has 0 radical (unpaired) electrons. The van der Waals surface area contributed by atoms with E-state index in [-0.39, 0.29) is 0 Å². The number of benzene rings is 8. The van der Waals surface area contributed by atoms with Gasteiger partial charge in [0.15, 0.2) is 0 Å². The van der Waals surface area contributed by atoms with Crippen LogP contribution in [-0.2, 0) is 0 Å². The van der Waals surface area contributed by atoms with Gasteiger partial charge >= 0.3 is 0 Å². The Balaban J connectivity index is 1.41. The van der Waals surface area contributed by atoms with Crippen LogP contribution < -0.4 is 0 Å². The summed E-state index contributed by atoms with van der Waals surface area (Å²) in [4.78, 5) is 0. The van der Waals surface area contributed by atoms with E-state index in [1.165, 1.54) is 85.5 Å². The molecule has 8 aromatic carbocycles. The van der Waals surface area contributed by atoms with E-state index in [2.05, 4.69) is 146 Å². The Morgan fingerprint density at radius 3 is 1.68 bits per heavy atom. The third-order valence-corrected chi connectivity index (χ3v) is 9.77. The quantitative estimate of drug-likeness (QED) is 0.193. The van der Waals surface area contributed by atoms with E-state index < -0.39 is 0 Å². The average Bonchev–Trinajstić information content (AvgIpc) is 3.43. The second-order valence-electron chi connectivity index (χ2n) is 10.9. The van der Waals surface area contributed by atoms with Crippen molar-refractivity contribution >= 4 is 74.6 Å². The summed E-state index contributed by atoms with van der Waals surface area (Å²) >= 11 is 1.88. The topological polar surface area (TPSA) is 0 Å². The molecule has 0 aliphatic rings. The highest BCUT2D eigenvalue weighted by Gasteiger charge is 2.17. The second kappa shape index (κ2) is 8.76. The maximum absolute atomic E-state index is 2.45. The Hall–Kier alpha value is -4.98. The van der Waals surface area contributed by atoms with Crippen molar-refractivity contribution in [2.75, 3.05) is 0 Å². The van der Waals surface area contributed by atoms with E-state index >= 15 is 0 Å². The Labute approximate surface area is 241 Å². The normalized spacial score (nSPS) is 11.9. The summed E-state index contributed by atoms with van der Waals surface area (Å²) in [5.41, 5.74) is 5.14.